The van der Waals surface area contributed by atoms with Gasteiger partial charge in [0.25, 0.3) is 0 Å². The first kappa shape index (κ1) is 37.0. The second-order valence-corrected chi connectivity index (χ2v) is 17.6. The molecule has 0 amide bonds. The Hall–Kier alpha value is -8.41. The number of aryl methyl sites for hydroxylation is 1. The van der Waals surface area contributed by atoms with Gasteiger partial charge in [0, 0.05) is 66.4 Å². The minimum Gasteiger partial charge on any atom is -0.455 e. The van der Waals surface area contributed by atoms with Crippen LogP contribution in [0.4, 0.5) is 0 Å². The molecule has 14 rings (SSSR count). The van der Waals surface area contributed by atoms with E-state index in [1.54, 1.807) is 0 Å². The first-order valence-electron chi connectivity index (χ1n) is 22.8. The lowest BCUT2D eigenvalue weighted by Crippen LogP contribution is -2.35. The third-order valence-corrected chi connectivity index (χ3v) is 14.0. The molecule has 0 spiro atoms. The number of pyridine rings is 1. The van der Waals surface area contributed by atoms with E-state index in [0.717, 1.165) is 107 Å². The van der Waals surface area contributed by atoms with Crippen LogP contribution >= 0.6 is 0 Å². The van der Waals surface area contributed by atoms with Crippen LogP contribution in [-0.4, -0.2) is 15.0 Å². The summed E-state index contributed by atoms with van der Waals surface area (Å²) >= 11 is 0. The van der Waals surface area contributed by atoms with Gasteiger partial charge in [-0.1, -0.05) is 170 Å². The molecule has 0 saturated carbocycles. The van der Waals surface area contributed by atoms with Crippen molar-refractivity contribution in [2.45, 2.75) is 18.8 Å². The third-order valence-electron chi connectivity index (χ3n) is 14.0. The van der Waals surface area contributed by atoms with Gasteiger partial charge in [0.2, 0.25) is 0 Å². The molecule has 7 aromatic carbocycles. The maximum absolute atomic E-state index is 7.20. The zero-order valence-corrected chi connectivity index (χ0v) is 35.8. The summed E-state index contributed by atoms with van der Waals surface area (Å²) in [6.45, 7) is 0. The highest BCUT2D eigenvalue weighted by molar-refractivity contribution is 6.19. The van der Waals surface area contributed by atoms with Crippen molar-refractivity contribution >= 4 is 72.4 Å². The van der Waals surface area contributed by atoms with Gasteiger partial charge >= 0.3 is 0 Å². The van der Waals surface area contributed by atoms with Gasteiger partial charge in [-0.2, -0.15) is 0 Å². The molecule has 3 aliphatic rings. The summed E-state index contributed by atoms with van der Waals surface area (Å²) in [5.74, 6) is 0.924. The predicted octanol–water partition coefficient (Wildman–Crippen LogP) is 13.9. The molecule has 4 aromatic heterocycles. The number of nitrogens with zero attached hydrogens (tertiary/aromatic N) is 3. The lowest BCUT2D eigenvalue weighted by molar-refractivity contribution is 0.670. The average Bonchev–Trinajstić information content (AvgIpc) is 3.97. The highest BCUT2D eigenvalue weighted by atomic mass is 16.3. The molecule has 2 atom stereocenters. The quantitative estimate of drug-likeness (QED) is 0.173. The van der Waals surface area contributed by atoms with E-state index in [2.05, 4.69) is 164 Å². The van der Waals surface area contributed by atoms with Crippen molar-refractivity contribution in [3.8, 4) is 45.0 Å². The smallest absolute Gasteiger partial charge is 0.160 e. The number of benzene rings is 7. The monoisotopic (exact) mass is 845 g/mol. The number of rotatable bonds is 5. The summed E-state index contributed by atoms with van der Waals surface area (Å²) in [6, 6.07) is 55.3. The first-order chi connectivity index (χ1) is 32.7. The van der Waals surface area contributed by atoms with Gasteiger partial charge in [0.05, 0.1) is 22.8 Å². The summed E-state index contributed by atoms with van der Waals surface area (Å²) in [4.78, 5) is 15.8. The van der Waals surface area contributed by atoms with E-state index in [9.17, 15) is 0 Å². The summed E-state index contributed by atoms with van der Waals surface area (Å²) in [6.07, 6.45) is 17.8. The second kappa shape index (κ2) is 14.6. The molecule has 0 aliphatic heterocycles. The molecule has 2 unspecified atom stereocenters. The van der Waals surface area contributed by atoms with Crippen LogP contribution in [0.2, 0.25) is 0 Å². The zero-order valence-electron chi connectivity index (χ0n) is 35.8. The standard InChI is InChI=1S/C61H39N3O2/c1-2-14-38(15-3-1)61-63-53(35-54(64-61)49-25-13-23-45-44-20-9-11-27-55(44)65-59(45)49)37-30-28-36(29-31-37)41-22-12-24-46-47-32-33-50-56(60(47)66-58(41)46)48-21-8-10-26-52(48)62-57(50)51-34-39-16-4-5-17-40(39)42-18-6-7-19-43(42)51/h1-7,9-20,22-35,43,51H,8,21H2. The van der Waals surface area contributed by atoms with Crippen molar-refractivity contribution in [3.05, 3.63) is 215 Å². The largest absolute Gasteiger partial charge is 0.455 e. The van der Waals surface area contributed by atoms with E-state index < -0.39 is 0 Å². The van der Waals surface area contributed by atoms with Crippen molar-refractivity contribution in [3.63, 3.8) is 0 Å². The Bertz CT molecular complexity index is 4060. The van der Waals surface area contributed by atoms with Crippen LogP contribution in [0, 0.1) is 5.92 Å². The van der Waals surface area contributed by atoms with Gasteiger partial charge in [-0.15, -0.1) is 0 Å². The minimum absolute atomic E-state index is 0.0730. The fourth-order valence-corrected chi connectivity index (χ4v) is 10.9. The molecule has 0 bridgehead atoms. The number of aromatic nitrogens is 3. The maximum Gasteiger partial charge on any atom is 0.160 e. The van der Waals surface area contributed by atoms with Crippen molar-refractivity contribution in [2.24, 2.45) is 5.92 Å². The van der Waals surface area contributed by atoms with Crippen molar-refractivity contribution in [1.29, 1.82) is 0 Å². The Morgan fingerprint density at radius 1 is 0.500 bits per heavy atom. The molecular weight excluding hydrogens is 807 g/mol. The number of para-hydroxylation sites is 3. The number of allylic oxidation sites excluding steroid dienone is 5. The summed E-state index contributed by atoms with van der Waals surface area (Å²) in [5.41, 5.74) is 14.9. The Labute approximate surface area is 379 Å². The SMILES string of the molecule is C1=CC2=c3ccccc3=CC(c3nc4c(c5c3ccc3c6cccc(-c7ccc(-c8cc(-c9cccc%10c9oc9ccccc9%10)nc(-c9ccccc9)n8)cc7)c6oc35)CCC=C4)C2C=C1. The van der Waals surface area contributed by atoms with E-state index >= 15 is 0 Å². The number of furan rings is 2. The van der Waals surface area contributed by atoms with Crippen LogP contribution in [0.5, 0.6) is 0 Å². The van der Waals surface area contributed by atoms with Crippen LogP contribution in [0.15, 0.2) is 197 Å². The fourth-order valence-electron chi connectivity index (χ4n) is 10.9. The first-order valence-corrected chi connectivity index (χ1v) is 22.8. The summed E-state index contributed by atoms with van der Waals surface area (Å²) < 4.78 is 13.7. The van der Waals surface area contributed by atoms with Crippen molar-refractivity contribution in [2.75, 3.05) is 0 Å². The Morgan fingerprint density at radius 2 is 1.23 bits per heavy atom. The molecule has 0 fully saturated rings. The molecule has 4 heterocycles. The van der Waals surface area contributed by atoms with Gasteiger partial charge < -0.3 is 8.83 Å². The van der Waals surface area contributed by atoms with Crippen LogP contribution < -0.4 is 10.4 Å². The highest BCUT2D eigenvalue weighted by Crippen LogP contribution is 2.46. The zero-order chi connectivity index (χ0) is 43.3. The van der Waals surface area contributed by atoms with Gasteiger partial charge in [0.15, 0.2) is 5.82 Å². The lowest BCUT2D eigenvalue weighted by atomic mass is 9.75. The maximum atomic E-state index is 7.20. The normalized spacial score (nSPS) is 16.3. The van der Waals surface area contributed by atoms with Crippen LogP contribution in [0.1, 0.15) is 29.3 Å². The lowest BCUT2D eigenvalue weighted by Gasteiger charge is -2.30. The summed E-state index contributed by atoms with van der Waals surface area (Å²) in [5, 5.41) is 9.30. The molecule has 5 nitrogen and oxygen atoms in total. The van der Waals surface area contributed by atoms with Crippen LogP contribution in [0.3, 0.4) is 0 Å². The minimum atomic E-state index is 0.0730. The Kier molecular flexibility index (Phi) is 8.17. The van der Waals surface area contributed by atoms with E-state index in [1.165, 1.54) is 32.3 Å². The van der Waals surface area contributed by atoms with E-state index in [0.29, 0.717) is 5.82 Å². The fraction of sp³-hybridized carbons (Fsp3) is 0.0656. The molecule has 5 heteroatoms. The summed E-state index contributed by atoms with van der Waals surface area (Å²) in [7, 11) is 0. The number of hydrogen-bond acceptors (Lipinski definition) is 5. The third kappa shape index (κ3) is 5.69. The van der Waals surface area contributed by atoms with Gasteiger partial charge in [-0.25, -0.2) is 9.97 Å². The van der Waals surface area contributed by atoms with Crippen molar-refractivity contribution < 1.29 is 8.83 Å². The van der Waals surface area contributed by atoms with Crippen LogP contribution in [-0.2, 0) is 6.42 Å². The number of hydrogen-bond donors (Lipinski definition) is 0. The van der Waals surface area contributed by atoms with Gasteiger partial charge in [-0.05, 0) is 70.3 Å². The average molecular weight is 846 g/mol. The predicted molar refractivity (Wildman–Crippen MR) is 269 cm³/mol. The Balaban J connectivity index is 0.904. The van der Waals surface area contributed by atoms with Gasteiger partial charge in [0.1, 0.15) is 22.3 Å². The molecular formula is C61H39N3O2. The second-order valence-electron chi connectivity index (χ2n) is 17.6. The molecule has 3 aliphatic carbocycles. The van der Waals surface area contributed by atoms with Crippen molar-refractivity contribution in [1.82, 2.24) is 15.0 Å². The molecule has 0 radical (unpaired) electrons. The van der Waals surface area contributed by atoms with Crippen LogP contribution in [0.25, 0.3) is 117 Å². The molecule has 0 saturated heterocycles. The topological polar surface area (TPSA) is 65.0 Å². The molecule has 66 heavy (non-hydrogen) atoms. The molecule has 0 N–H and O–H groups in total. The Morgan fingerprint density at radius 3 is 2.14 bits per heavy atom. The van der Waals surface area contributed by atoms with E-state index in [4.69, 9.17) is 23.8 Å². The number of fused-ring (bicyclic) bond motifs is 12. The molecule has 310 valence electrons. The van der Waals surface area contributed by atoms with Gasteiger partial charge in [-0.3, -0.25) is 4.98 Å². The van der Waals surface area contributed by atoms with E-state index in [1.807, 2.05) is 36.4 Å². The molecule has 11 aromatic rings. The van der Waals surface area contributed by atoms with E-state index in [-0.39, 0.29) is 11.8 Å². The highest BCUT2D eigenvalue weighted by Gasteiger charge is 2.31.